The van der Waals surface area contributed by atoms with Gasteiger partial charge in [0.1, 0.15) is 5.69 Å². The molecule has 1 heterocycles. The van der Waals surface area contributed by atoms with E-state index >= 15 is 0 Å². The topological polar surface area (TPSA) is 81.2 Å². The Bertz CT molecular complexity index is 814. The summed E-state index contributed by atoms with van der Waals surface area (Å²) in [5, 5.41) is 1.45. The first-order valence-corrected chi connectivity index (χ1v) is 6.49. The van der Waals surface area contributed by atoms with Gasteiger partial charge in [-0.1, -0.05) is 0 Å². The van der Waals surface area contributed by atoms with Crippen molar-refractivity contribution in [3.63, 3.8) is 0 Å². The third-order valence-electron chi connectivity index (χ3n) is 2.80. The SMILES string of the molecule is Cc1cnc(C(=O)OCC(=O)Nc2c(F)c(F)c(F)c(F)c2F)cn1. The Labute approximate surface area is 136 Å². The number of halogens is 5. The van der Waals surface area contributed by atoms with Crippen LogP contribution in [0.25, 0.3) is 0 Å². The summed E-state index contributed by atoms with van der Waals surface area (Å²) >= 11 is 0. The zero-order chi connectivity index (χ0) is 18.7. The summed E-state index contributed by atoms with van der Waals surface area (Å²) in [5.41, 5.74) is -1.28. The number of carbonyl (C=O) groups excluding carboxylic acids is 2. The second kappa shape index (κ2) is 7.20. The maximum atomic E-state index is 13.4. The second-order valence-electron chi connectivity index (χ2n) is 4.61. The molecule has 0 radical (unpaired) electrons. The summed E-state index contributed by atoms with van der Waals surface area (Å²) in [7, 11) is 0. The molecule has 2 aromatic rings. The second-order valence-corrected chi connectivity index (χ2v) is 4.61. The fourth-order valence-electron chi connectivity index (χ4n) is 1.59. The Hall–Kier alpha value is -3.11. The van der Waals surface area contributed by atoms with E-state index in [1.807, 2.05) is 0 Å². The van der Waals surface area contributed by atoms with Crippen LogP contribution in [0.15, 0.2) is 12.4 Å². The number of anilines is 1. The van der Waals surface area contributed by atoms with Crippen LogP contribution in [0.3, 0.4) is 0 Å². The third-order valence-corrected chi connectivity index (χ3v) is 2.80. The highest BCUT2D eigenvalue weighted by atomic mass is 19.2. The lowest BCUT2D eigenvalue weighted by molar-refractivity contribution is -0.119. The first-order chi connectivity index (χ1) is 11.7. The Morgan fingerprint density at radius 2 is 1.52 bits per heavy atom. The van der Waals surface area contributed by atoms with Gasteiger partial charge in [0.2, 0.25) is 5.82 Å². The summed E-state index contributed by atoms with van der Waals surface area (Å²) < 4.78 is 70.2. The zero-order valence-corrected chi connectivity index (χ0v) is 12.4. The molecule has 0 fully saturated rings. The lowest BCUT2D eigenvalue weighted by Gasteiger charge is -2.10. The van der Waals surface area contributed by atoms with Gasteiger partial charge in [-0.15, -0.1) is 0 Å². The number of hydrogen-bond acceptors (Lipinski definition) is 5. The highest BCUT2D eigenvalue weighted by Crippen LogP contribution is 2.26. The molecule has 1 aromatic carbocycles. The van der Waals surface area contributed by atoms with E-state index in [4.69, 9.17) is 0 Å². The van der Waals surface area contributed by atoms with Crippen LogP contribution < -0.4 is 5.32 Å². The Morgan fingerprint density at radius 1 is 0.960 bits per heavy atom. The molecule has 0 aliphatic carbocycles. The summed E-state index contributed by atoms with van der Waals surface area (Å²) in [4.78, 5) is 30.5. The number of hydrogen-bond donors (Lipinski definition) is 1. The number of nitrogens with zero attached hydrogens (tertiary/aromatic N) is 2. The van der Waals surface area contributed by atoms with Gasteiger partial charge >= 0.3 is 5.97 Å². The number of amides is 1. The van der Waals surface area contributed by atoms with Crippen LogP contribution in [-0.4, -0.2) is 28.5 Å². The van der Waals surface area contributed by atoms with Gasteiger partial charge in [0.15, 0.2) is 35.6 Å². The minimum absolute atomic E-state index is 0.241. The van der Waals surface area contributed by atoms with E-state index < -0.39 is 53.3 Å². The molecular weight excluding hydrogens is 353 g/mol. The van der Waals surface area contributed by atoms with E-state index in [0.29, 0.717) is 5.69 Å². The average Bonchev–Trinajstić information content (AvgIpc) is 2.60. The molecule has 0 saturated heterocycles. The van der Waals surface area contributed by atoms with Crippen molar-refractivity contribution in [2.45, 2.75) is 6.92 Å². The molecule has 11 heteroatoms. The van der Waals surface area contributed by atoms with Crippen molar-refractivity contribution in [3.8, 4) is 0 Å². The minimum Gasteiger partial charge on any atom is -0.451 e. The van der Waals surface area contributed by atoms with Crippen molar-refractivity contribution < 1.29 is 36.3 Å². The minimum atomic E-state index is -2.36. The number of aryl methyl sites for hydroxylation is 1. The average molecular weight is 361 g/mol. The van der Waals surface area contributed by atoms with Gasteiger partial charge in [-0.2, -0.15) is 0 Å². The van der Waals surface area contributed by atoms with Crippen LogP contribution in [0, 0.1) is 36.0 Å². The molecule has 0 aliphatic heterocycles. The molecule has 1 amide bonds. The van der Waals surface area contributed by atoms with Gasteiger partial charge in [-0.25, -0.2) is 31.7 Å². The molecule has 25 heavy (non-hydrogen) atoms. The van der Waals surface area contributed by atoms with Crippen LogP contribution in [-0.2, 0) is 9.53 Å². The van der Waals surface area contributed by atoms with Crippen molar-refractivity contribution in [3.05, 3.63) is 52.9 Å². The molecule has 2 rings (SSSR count). The summed E-state index contributed by atoms with van der Waals surface area (Å²) in [6, 6.07) is 0. The van der Waals surface area contributed by atoms with E-state index in [2.05, 4.69) is 14.7 Å². The van der Waals surface area contributed by atoms with Gasteiger partial charge in [-0.3, -0.25) is 9.78 Å². The lowest BCUT2D eigenvalue weighted by atomic mass is 10.2. The van der Waals surface area contributed by atoms with Crippen LogP contribution in [0.4, 0.5) is 27.6 Å². The third kappa shape index (κ3) is 3.87. The first kappa shape index (κ1) is 18.2. The van der Waals surface area contributed by atoms with Gasteiger partial charge in [0, 0.05) is 6.20 Å². The number of nitrogens with one attached hydrogen (secondary N) is 1. The largest absolute Gasteiger partial charge is 0.451 e. The summed E-state index contributed by atoms with van der Waals surface area (Å²) in [5.74, 6) is -13.6. The quantitative estimate of drug-likeness (QED) is 0.391. The number of ether oxygens (including phenoxy) is 1. The molecule has 0 bridgehead atoms. The molecule has 0 aliphatic rings. The molecule has 6 nitrogen and oxygen atoms in total. The van der Waals surface area contributed by atoms with E-state index in [9.17, 15) is 31.5 Å². The monoisotopic (exact) mass is 361 g/mol. The smallest absolute Gasteiger partial charge is 0.359 e. The summed E-state index contributed by atoms with van der Waals surface area (Å²) in [6.07, 6.45) is 2.32. The van der Waals surface area contributed by atoms with Crippen LogP contribution in [0.5, 0.6) is 0 Å². The van der Waals surface area contributed by atoms with E-state index in [1.54, 1.807) is 6.92 Å². The van der Waals surface area contributed by atoms with Crippen LogP contribution in [0.2, 0.25) is 0 Å². The van der Waals surface area contributed by atoms with Crippen LogP contribution >= 0.6 is 0 Å². The Balaban J connectivity index is 2.06. The van der Waals surface area contributed by atoms with Crippen molar-refractivity contribution in [1.82, 2.24) is 9.97 Å². The van der Waals surface area contributed by atoms with Crippen molar-refractivity contribution in [2.24, 2.45) is 0 Å². The molecule has 132 valence electrons. The molecule has 0 saturated carbocycles. The molecule has 1 N–H and O–H groups in total. The Morgan fingerprint density at radius 3 is 2.04 bits per heavy atom. The predicted octanol–water partition coefficient (Wildman–Crippen LogP) is 2.28. The molecule has 0 unspecified atom stereocenters. The van der Waals surface area contributed by atoms with Gasteiger partial charge < -0.3 is 10.1 Å². The number of benzene rings is 1. The fourth-order valence-corrected chi connectivity index (χ4v) is 1.59. The van der Waals surface area contributed by atoms with E-state index in [1.165, 1.54) is 11.5 Å². The molecule has 0 atom stereocenters. The molecule has 1 aromatic heterocycles. The van der Waals surface area contributed by atoms with E-state index in [0.717, 1.165) is 6.20 Å². The zero-order valence-electron chi connectivity index (χ0n) is 12.4. The maximum Gasteiger partial charge on any atom is 0.359 e. The predicted molar refractivity (Wildman–Crippen MR) is 71.9 cm³/mol. The van der Waals surface area contributed by atoms with Crippen molar-refractivity contribution in [2.75, 3.05) is 11.9 Å². The number of carbonyl (C=O) groups is 2. The lowest BCUT2D eigenvalue weighted by Crippen LogP contribution is -2.23. The first-order valence-electron chi connectivity index (χ1n) is 6.49. The highest BCUT2D eigenvalue weighted by molar-refractivity contribution is 5.94. The highest BCUT2D eigenvalue weighted by Gasteiger charge is 2.27. The number of esters is 1. The molecular formula is C14H8F5N3O3. The van der Waals surface area contributed by atoms with Crippen molar-refractivity contribution >= 4 is 17.6 Å². The standard InChI is InChI=1S/C14H8F5N3O3/c1-5-2-21-6(3-20-5)14(24)25-4-7(23)22-13-11(18)9(16)8(15)10(17)12(13)19/h2-3H,4H2,1H3,(H,22,23). The maximum absolute atomic E-state index is 13.4. The van der Waals surface area contributed by atoms with Gasteiger partial charge in [-0.05, 0) is 6.92 Å². The fraction of sp³-hybridized carbons (Fsp3) is 0.143. The van der Waals surface area contributed by atoms with E-state index in [-0.39, 0.29) is 5.69 Å². The molecule has 0 spiro atoms. The summed E-state index contributed by atoms with van der Waals surface area (Å²) in [6.45, 7) is 0.563. The number of rotatable bonds is 4. The Kier molecular flexibility index (Phi) is 5.25. The number of aromatic nitrogens is 2. The normalized spacial score (nSPS) is 10.5. The van der Waals surface area contributed by atoms with Gasteiger partial charge in [0.25, 0.3) is 5.91 Å². The van der Waals surface area contributed by atoms with Crippen LogP contribution in [0.1, 0.15) is 16.2 Å². The van der Waals surface area contributed by atoms with Crippen molar-refractivity contribution in [1.29, 1.82) is 0 Å². The van der Waals surface area contributed by atoms with Gasteiger partial charge in [0.05, 0.1) is 11.9 Å².